The summed E-state index contributed by atoms with van der Waals surface area (Å²) in [5, 5.41) is 3.23. The average molecular weight is 465 g/mol. The van der Waals surface area contributed by atoms with Gasteiger partial charge in [0, 0.05) is 13.1 Å². The van der Waals surface area contributed by atoms with Crippen LogP contribution in [-0.2, 0) is 10.0 Å². The maximum absolute atomic E-state index is 13.2. The van der Waals surface area contributed by atoms with Gasteiger partial charge >= 0.3 is 0 Å². The second-order valence-electron chi connectivity index (χ2n) is 8.69. The number of halogens is 2. The fourth-order valence-electron chi connectivity index (χ4n) is 5.08. The van der Waals surface area contributed by atoms with Crippen molar-refractivity contribution in [3.05, 3.63) is 58.9 Å². The van der Waals surface area contributed by atoms with Gasteiger partial charge in [-0.1, -0.05) is 18.0 Å². The van der Waals surface area contributed by atoms with Crippen molar-refractivity contribution in [2.75, 3.05) is 11.4 Å². The zero-order valence-corrected chi connectivity index (χ0v) is 19.1. The highest BCUT2D eigenvalue weighted by Gasteiger charge is 2.42. The Labute approximate surface area is 187 Å². The number of sulfonamides is 1. The summed E-state index contributed by atoms with van der Waals surface area (Å²) in [6.45, 7) is 2.01. The standard InChI is InChI=1S/C23H26ClFN2O3S/c1-14(20-12-15-3-4-16(20)11-15)26-23(28)21-13-19(9-10-22(21)24)31(29,30)27(2)18-7-5-17(25)6-8-18/h5-10,13-16,20H,3-4,11-12H2,1-2H3,(H,26,28). The topological polar surface area (TPSA) is 66.5 Å². The fourth-order valence-corrected chi connectivity index (χ4v) is 6.51. The van der Waals surface area contributed by atoms with Crippen molar-refractivity contribution in [3.8, 4) is 0 Å². The van der Waals surface area contributed by atoms with Crippen LogP contribution < -0.4 is 9.62 Å². The van der Waals surface area contributed by atoms with Crippen LogP contribution in [0.4, 0.5) is 10.1 Å². The van der Waals surface area contributed by atoms with Crippen molar-refractivity contribution in [2.24, 2.45) is 17.8 Å². The lowest BCUT2D eigenvalue weighted by molar-refractivity contribution is 0.0915. The number of rotatable bonds is 6. The minimum Gasteiger partial charge on any atom is -0.349 e. The maximum Gasteiger partial charge on any atom is 0.264 e. The molecule has 2 aliphatic rings. The summed E-state index contributed by atoms with van der Waals surface area (Å²) in [4.78, 5) is 12.9. The van der Waals surface area contributed by atoms with E-state index in [-0.39, 0.29) is 27.4 Å². The van der Waals surface area contributed by atoms with Crippen LogP contribution in [0.1, 0.15) is 43.0 Å². The number of hydrogen-bond donors (Lipinski definition) is 1. The van der Waals surface area contributed by atoms with E-state index in [1.54, 1.807) is 0 Å². The molecule has 5 nitrogen and oxygen atoms in total. The highest BCUT2D eigenvalue weighted by molar-refractivity contribution is 7.92. The van der Waals surface area contributed by atoms with Gasteiger partial charge in [-0.3, -0.25) is 9.10 Å². The van der Waals surface area contributed by atoms with Gasteiger partial charge in [0.1, 0.15) is 5.82 Å². The van der Waals surface area contributed by atoms with E-state index in [2.05, 4.69) is 5.32 Å². The molecular weight excluding hydrogens is 439 g/mol. The molecule has 4 atom stereocenters. The summed E-state index contributed by atoms with van der Waals surface area (Å²) in [6.07, 6.45) is 4.89. The highest BCUT2D eigenvalue weighted by Crippen LogP contribution is 2.49. The lowest BCUT2D eigenvalue weighted by atomic mass is 9.84. The number of fused-ring (bicyclic) bond motifs is 2. The smallest absolute Gasteiger partial charge is 0.264 e. The second kappa shape index (κ2) is 8.43. The Bertz CT molecular complexity index is 1090. The van der Waals surface area contributed by atoms with Crippen LogP contribution in [0.15, 0.2) is 47.4 Å². The molecule has 166 valence electrons. The molecule has 8 heteroatoms. The summed E-state index contributed by atoms with van der Waals surface area (Å²) < 4.78 is 40.4. The first-order valence-corrected chi connectivity index (χ1v) is 12.3. The molecule has 0 radical (unpaired) electrons. The second-order valence-corrected chi connectivity index (χ2v) is 11.1. The maximum atomic E-state index is 13.2. The molecule has 2 fully saturated rings. The van der Waals surface area contributed by atoms with E-state index in [4.69, 9.17) is 11.6 Å². The Morgan fingerprint density at radius 1 is 1.16 bits per heavy atom. The minimum absolute atomic E-state index is 0.000943. The molecule has 0 heterocycles. The number of anilines is 1. The van der Waals surface area contributed by atoms with E-state index in [0.717, 1.165) is 16.6 Å². The third-order valence-electron chi connectivity index (χ3n) is 6.82. The van der Waals surface area contributed by atoms with E-state index in [9.17, 15) is 17.6 Å². The van der Waals surface area contributed by atoms with E-state index in [1.165, 1.54) is 68.8 Å². The zero-order chi connectivity index (χ0) is 22.3. The average Bonchev–Trinajstić information content (AvgIpc) is 3.37. The number of carbonyl (C=O) groups excluding carboxylic acids is 1. The Morgan fingerprint density at radius 3 is 2.48 bits per heavy atom. The molecule has 1 amide bonds. The Hall–Kier alpha value is -2.12. The van der Waals surface area contributed by atoms with Gasteiger partial charge in [0.2, 0.25) is 0 Å². The van der Waals surface area contributed by atoms with Crippen molar-refractivity contribution in [3.63, 3.8) is 0 Å². The van der Waals surface area contributed by atoms with E-state index in [0.29, 0.717) is 17.5 Å². The molecule has 0 aliphatic heterocycles. The third kappa shape index (κ3) is 4.30. The molecule has 2 aromatic carbocycles. The molecule has 2 saturated carbocycles. The van der Waals surface area contributed by atoms with Gasteiger partial charge in [0.05, 0.1) is 21.2 Å². The third-order valence-corrected chi connectivity index (χ3v) is 8.94. The first-order valence-electron chi connectivity index (χ1n) is 10.5. The Morgan fingerprint density at radius 2 is 1.87 bits per heavy atom. The van der Waals surface area contributed by atoms with Gasteiger partial charge in [-0.2, -0.15) is 0 Å². The predicted octanol–water partition coefficient (Wildman–Crippen LogP) is 4.86. The lowest BCUT2D eigenvalue weighted by Crippen LogP contribution is -2.40. The number of hydrogen-bond acceptors (Lipinski definition) is 3. The fraction of sp³-hybridized carbons (Fsp3) is 0.435. The van der Waals surface area contributed by atoms with Crippen LogP contribution in [0.25, 0.3) is 0 Å². The van der Waals surface area contributed by atoms with Crippen LogP contribution in [0, 0.1) is 23.6 Å². The Kier molecular flexibility index (Phi) is 6.01. The van der Waals surface area contributed by atoms with Gasteiger partial charge < -0.3 is 5.32 Å². The van der Waals surface area contributed by atoms with Gasteiger partial charge in [-0.15, -0.1) is 0 Å². The van der Waals surface area contributed by atoms with Crippen molar-refractivity contribution in [1.82, 2.24) is 5.32 Å². The van der Waals surface area contributed by atoms with E-state index < -0.39 is 15.8 Å². The number of carbonyl (C=O) groups is 1. The van der Waals surface area contributed by atoms with Crippen molar-refractivity contribution >= 4 is 33.2 Å². The summed E-state index contributed by atoms with van der Waals surface area (Å²) >= 11 is 6.25. The number of benzene rings is 2. The number of nitrogens with one attached hydrogen (secondary N) is 1. The van der Waals surface area contributed by atoms with Gasteiger partial charge in [0.25, 0.3) is 15.9 Å². The normalized spacial score (nSPS) is 23.5. The van der Waals surface area contributed by atoms with Crippen molar-refractivity contribution in [1.29, 1.82) is 0 Å². The quantitative estimate of drug-likeness (QED) is 0.664. The van der Waals surface area contributed by atoms with E-state index in [1.807, 2.05) is 6.92 Å². The van der Waals surface area contributed by atoms with Crippen molar-refractivity contribution in [2.45, 2.75) is 43.5 Å². The summed E-state index contributed by atoms with van der Waals surface area (Å²) in [6, 6.07) is 9.25. The minimum atomic E-state index is -3.96. The molecule has 31 heavy (non-hydrogen) atoms. The molecule has 1 N–H and O–H groups in total. The molecule has 4 unspecified atom stereocenters. The van der Waals surface area contributed by atoms with Gasteiger partial charge in [0.15, 0.2) is 0 Å². The van der Waals surface area contributed by atoms with Crippen LogP contribution in [0.2, 0.25) is 5.02 Å². The van der Waals surface area contributed by atoms with Crippen LogP contribution >= 0.6 is 11.6 Å². The largest absolute Gasteiger partial charge is 0.349 e. The first kappa shape index (κ1) is 22.1. The Balaban J connectivity index is 1.54. The highest BCUT2D eigenvalue weighted by atomic mass is 35.5. The van der Waals surface area contributed by atoms with Crippen LogP contribution in [0.5, 0.6) is 0 Å². The van der Waals surface area contributed by atoms with E-state index >= 15 is 0 Å². The summed E-state index contributed by atoms with van der Waals surface area (Å²) in [7, 11) is -2.57. The van der Waals surface area contributed by atoms with Crippen molar-refractivity contribution < 1.29 is 17.6 Å². The zero-order valence-electron chi connectivity index (χ0n) is 17.5. The van der Waals surface area contributed by atoms with Gasteiger partial charge in [-0.05, 0) is 86.4 Å². The molecule has 0 spiro atoms. The summed E-state index contributed by atoms with van der Waals surface area (Å²) in [5.74, 6) is 1.06. The molecule has 2 aromatic rings. The molecule has 2 aliphatic carbocycles. The lowest BCUT2D eigenvalue weighted by Gasteiger charge is -2.28. The first-order chi connectivity index (χ1) is 14.7. The number of amides is 1. The molecule has 0 aromatic heterocycles. The molecule has 2 bridgehead atoms. The predicted molar refractivity (Wildman–Crippen MR) is 119 cm³/mol. The molecule has 4 rings (SSSR count). The molecule has 0 saturated heterocycles. The van der Waals surface area contributed by atoms with Gasteiger partial charge in [-0.25, -0.2) is 12.8 Å². The summed E-state index contributed by atoms with van der Waals surface area (Å²) in [5.41, 5.74) is 0.442. The number of nitrogens with zero attached hydrogens (tertiary/aromatic N) is 1. The molecular formula is C23H26ClFN2O3S. The van der Waals surface area contributed by atoms with Crippen LogP contribution in [-0.4, -0.2) is 27.4 Å². The monoisotopic (exact) mass is 464 g/mol. The van der Waals surface area contributed by atoms with Crippen LogP contribution in [0.3, 0.4) is 0 Å². The SMILES string of the molecule is CC(NC(=O)c1cc(S(=O)(=O)N(C)c2ccc(F)cc2)ccc1Cl)C1CC2CCC1C2.